The van der Waals surface area contributed by atoms with Gasteiger partial charge in [-0.05, 0) is 58.6 Å². The van der Waals surface area contributed by atoms with Gasteiger partial charge in [-0.15, -0.1) is 0 Å². The van der Waals surface area contributed by atoms with Crippen LogP contribution in [0.25, 0.3) is 21.5 Å². The predicted molar refractivity (Wildman–Crippen MR) is 143 cm³/mol. The van der Waals surface area contributed by atoms with Crippen molar-refractivity contribution in [3.8, 4) is 0 Å². The Hall–Kier alpha value is -3.03. The van der Waals surface area contributed by atoms with E-state index in [1.54, 1.807) is 0 Å². The van der Waals surface area contributed by atoms with Gasteiger partial charge in [-0.2, -0.15) is 0 Å². The number of hydrogen-bond donors (Lipinski definition) is 2. The molecule has 0 spiro atoms. The summed E-state index contributed by atoms with van der Waals surface area (Å²) in [6, 6.07) is 40.4. The minimum Gasteiger partial charge on any atom is -0.387 e. The molecule has 2 N–H and O–H groups in total. The second-order valence-electron chi connectivity index (χ2n) is 8.43. The van der Waals surface area contributed by atoms with Crippen molar-refractivity contribution >= 4 is 40.1 Å². The highest BCUT2D eigenvalue weighted by atomic mass is 31.1. The predicted octanol–water partition coefficient (Wildman–Crippen LogP) is 6.09. The van der Waals surface area contributed by atoms with Crippen molar-refractivity contribution in [3.63, 3.8) is 0 Å². The lowest BCUT2D eigenvalue weighted by molar-refractivity contribution is 0.139. The highest BCUT2D eigenvalue weighted by Crippen LogP contribution is 2.38. The highest BCUT2D eigenvalue weighted by molar-refractivity contribution is 7.73. The van der Waals surface area contributed by atoms with Crippen LogP contribution < -0.4 is 15.9 Å². The van der Waals surface area contributed by atoms with Gasteiger partial charge in [0.25, 0.3) is 0 Å². The number of aliphatic hydroxyl groups excluding tert-OH is 1. The molecule has 3 heteroatoms. The van der Waals surface area contributed by atoms with Gasteiger partial charge in [-0.25, -0.2) is 0 Å². The zero-order valence-corrected chi connectivity index (χ0v) is 19.6. The van der Waals surface area contributed by atoms with E-state index >= 15 is 0 Å². The van der Waals surface area contributed by atoms with Crippen LogP contribution in [0.2, 0.25) is 0 Å². The Bertz CT molecular complexity index is 1350. The van der Waals surface area contributed by atoms with E-state index in [1.165, 1.54) is 32.2 Å². The Labute approximate surface area is 196 Å². The van der Waals surface area contributed by atoms with Gasteiger partial charge in [0.2, 0.25) is 0 Å². The SMILES string of the molecule is C[C@H](NCP(c1ccccc1)c1cc2ccccc2c2ccccc12)C(O)c1ccccc1. The number of aliphatic hydroxyl groups is 1. The topological polar surface area (TPSA) is 32.3 Å². The summed E-state index contributed by atoms with van der Waals surface area (Å²) in [6.07, 6.45) is 0.249. The van der Waals surface area contributed by atoms with E-state index in [1.807, 2.05) is 30.3 Å². The van der Waals surface area contributed by atoms with Crippen molar-refractivity contribution in [3.05, 3.63) is 121 Å². The van der Waals surface area contributed by atoms with E-state index in [-0.39, 0.29) is 6.04 Å². The van der Waals surface area contributed by atoms with Crippen LogP contribution in [-0.2, 0) is 0 Å². The monoisotopic (exact) mass is 449 g/mol. The average Bonchev–Trinajstić information content (AvgIpc) is 2.89. The summed E-state index contributed by atoms with van der Waals surface area (Å²) in [7, 11) is -0.672. The van der Waals surface area contributed by atoms with Gasteiger partial charge in [0.15, 0.2) is 0 Å². The van der Waals surface area contributed by atoms with Crippen molar-refractivity contribution in [1.29, 1.82) is 0 Å². The summed E-state index contributed by atoms with van der Waals surface area (Å²) in [6.45, 7) is 2.06. The quantitative estimate of drug-likeness (QED) is 0.233. The first kappa shape index (κ1) is 21.8. The molecule has 0 saturated carbocycles. The third kappa shape index (κ3) is 4.56. The summed E-state index contributed by atoms with van der Waals surface area (Å²) in [5.41, 5.74) is 0.942. The van der Waals surface area contributed by atoms with E-state index in [0.29, 0.717) is 0 Å². The summed E-state index contributed by atoms with van der Waals surface area (Å²) < 4.78 is 0. The van der Waals surface area contributed by atoms with Gasteiger partial charge in [0, 0.05) is 12.3 Å². The Balaban J connectivity index is 1.54. The van der Waals surface area contributed by atoms with Crippen LogP contribution in [0.4, 0.5) is 0 Å². The summed E-state index contributed by atoms with van der Waals surface area (Å²) in [4.78, 5) is 0. The lowest BCUT2D eigenvalue weighted by Crippen LogP contribution is -2.34. The van der Waals surface area contributed by atoms with Crippen molar-refractivity contribution < 1.29 is 5.11 Å². The molecule has 5 aromatic carbocycles. The number of rotatable bonds is 7. The Kier molecular flexibility index (Phi) is 6.51. The molecule has 0 saturated heterocycles. The molecular weight excluding hydrogens is 421 g/mol. The van der Waals surface area contributed by atoms with Crippen LogP contribution >= 0.6 is 7.92 Å². The Morgan fingerprint density at radius 2 is 1.27 bits per heavy atom. The van der Waals surface area contributed by atoms with Gasteiger partial charge >= 0.3 is 0 Å². The summed E-state index contributed by atoms with van der Waals surface area (Å²) in [5.74, 6) is 0. The average molecular weight is 450 g/mol. The van der Waals surface area contributed by atoms with Gasteiger partial charge in [-0.3, -0.25) is 0 Å². The lowest BCUT2D eigenvalue weighted by atomic mass is 10.0. The molecule has 0 aromatic heterocycles. The standard InChI is InChI=1S/C30H28NOP/c1-22(30(32)23-12-4-2-5-13-23)31-21-33(25-15-6-3-7-16-25)29-20-24-14-8-9-17-26(24)27-18-10-11-19-28(27)29/h2-20,22,30-32H,21H2,1H3/t22-,30?,33?/m0/s1. The molecule has 5 rings (SSSR count). The fourth-order valence-corrected chi connectivity index (χ4v) is 6.88. The normalized spacial score (nSPS) is 14.2. The zero-order chi connectivity index (χ0) is 22.6. The molecule has 2 unspecified atom stereocenters. The molecule has 5 aromatic rings. The van der Waals surface area contributed by atoms with Crippen molar-refractivity contribution in [2.45, 2.75) is 19.1 Å². The van der Waals surface area contributed by atoms with E-state index in [0.717, 1.165) is 11.8 Å². The van der Waals surface area contributed by atoms with Gasteiger partial charge in [-0.1, -0.05) is 109 Å². The molecule has 3 atom stereocenters. The van der Waals surface area contributed by atoms with Crippen molar-refractivity contribution in [2.75, 3.05) is 6.29 Å². The molecule has 0 aliphatic rings. The number of benzene rings is 5. The maximum atomic E-state index is 10.9. The molecular formula is C30H28NOP. The largest absolute Gasteiger partial charge is 0.387 e. The van der Waals surface area contributed by atoms with Crippen LogP contribution in [0.3, 0.4) is 0 Å². The molecule has 0 heterocycles. The van der Waals surface area contributed by atoms with E-state index in [2.05, 4.69) is 97.2 Å². The summed E-state index contributed by atoms with van der Waals surface area (Å²) in [5, 5.41) is 22.4. The van der Waals surface area contributed by atoms with E-state index < -0.39 is 14.0 Å². The molecule has 33 heavy (non-hydrogen) atoms. The number of hydrogen-bond acceptors (Lipinski definition) is 2. The minimum absolute atomic E-state index is 0.0622. The first-order chi connectivity index (χ1) is 16.2. The minimum atomic E-state index is -0.672. The third-order valence-electron chi connectivity index (χ3n) is 6.29. The number of nitrogens with one attached hydrogen (secondary N) is 1. The maximum Gasteiger partial charge on any atom is 0.0940 e. The molecule has 0 aliphatic carbocycles. The molecule has 0 bridgehead atoms. The highest BCUT2D eigenvalue weighted by Gasteiger charge is 2.21. The molecule has 0 amide bonds. The summed E-state index contributed by atoms with van der Waals surface area (Å²) >= 11 is 0. The van der Waals surface area contributed by atoms with Crippen LogP contribution in [0, 0.1) is 0 Å². The Morgan fingerprint density at radius 1 is 0.697 bits per heavy atom. The Morgan fingerprint density at radius 3 is 2.00 bits per heavy atom. The fourth-order valence-electron chi connectivity index (χ4n) is 4.47. The smallest absolute Gasteiger partial charge is 0.0940 e. The molecule has 0 radical (unpaired) electrons. The van der Waals surface area contributed by atoms with E-state index in [9.17, 15) is 5.11 Å². The zero-order valence-electron chi connectivity index (χ0n) is 18.7. The first-order valence-corrected chi connectivity index (χ1v) is 12.9. The third-order valence-corrected chi connectivity index (χ3v) is 8.66. The second kappa shape index (κ2) is 9.85. The maximum absolute atomic E-state index is 10.9. The van der Waals surface area contributed by atoms with Gasteiger partial charge in [0.1, 0.15) is 0 Å². The van der Waals surface area contributed by atoms with Gasteiger partial charge in [0.05, 0.1) is 6.10 Å². The van der Waals surface area contributed by atoms with E-state index in [4.69, 9.17) is 0 Å². The molecule has 2 nitrogen and oxygen atoms in total. The first-order valence-electron chi connectivity index (χ1n) is 11.4. The van der Waals surface area contributed by atoms with Crippen molar-refractivity contribution in [1.82, 2.24) is 5.32 Å². The van der Waals surface area contributed by atoms with Crippen molar-refractivity contribution in [2.24, 2.45) is 0 Å². The number of fused-ring (bicyclic) bond motifs is 3. The van der Waals surface area contributed by atoms with Crippen LogP contribution in [0.15, 0.2) is 115 Å². The lowest BCUT2D eigenvalue weighted by Gasteiger charge is -2.26. The van der Waals surface area contributed by atoms with Crippen LogP contribution in [0.1, 0.15) is 18.6 Å². The van der Waals surface area contributed by atoms with Crippen LogP contribution in [0.5, 0.6) is 0 Å². The fraction of sp³-hybridized carbons (Fsp3) is 0.133. The second-order valence-corrected chi connectivity index (χ2v) is 10.6. The van der Waals surface area contributed by atoms with Gasteiger partial charge < -0.3 is 10.4 Å². The molecule has 0 fully saturated rings. The molecule has 0 aliphatic heterocycles. The van der Waals surface area contributed by atoms with Crippen LogP contribution in [-0.4, -0.2) is 17.4 Å². The molecule has 164 valence electrons.